The first-order chi connectivity index (χ1) is 6.29. The summed E-state index contributed by atoms with van der Waals surface area (Å²) in [5.74, 6) is 1.18. The predicted molar refractivity (Wildman–Crippen MR) is 50.3 cm³/mol. The lowest BCUT2D eigenvalue weighted by atomic mass is 9.95. The highest BCUT2D eigenvalue weighted by Gasteiger charge is 2.23. The average Bonchev–Trinajstić information content (AvgIpc) is 2.74. The normalized spacial score (nSPS) is 17.9. The van der Waals surface area contributed by atoms with Crippen molar-refractivity contribution in [2.75, 3.05) is 0 Å². The number of aromatic nitrogens is 1. The summed E-state index contributed by atoms with van der Waals surface area (Å²) >= 11 is 0. The summed E-state index contributed by atoms with van der Waals surface area (Å²) in [6, 6.07) is 0. The van der Waals surface area contributed by atoms with Gasteiger partial charge < -0.3 is 4.98 Å². The van der Waals surface area contributed by atoms with E-state index in [4.69, 9.17) is 0 Å². The second-order valence-electron chi connectivity index (χ2n) is 3.01. The van der Waals surface area contributed by atoms with E-state index in [0.717, 1.165) is 17.0 Å². The number of ketones is 1. The van der Waals surface area contributed by atoms with Gasteiger partial charge in [0.15, 0.2) is 5.78 Å². The Bertz CT molecular complexity index is 308. The smallest absolute Gasteiger partial charge is 0.161 e. The van der Waals surface area contributed by atoms with Gasteiger partial charge in [-0.25, -0.2) is 0 Å². The lowest BCUT2D eigenvalue weighted by Gasteiger charge is -2.06. The monoisotopic (exact) mass is 172 g/mol. The number of Topliss-reactive ketones (excluding diaryl/α,β-unsaturated/α-hetero) is 1. The van der Waals surface area contributed by atoms with Crippen LogP contribution in [0.15, 0.2) is 12.4 Å². The van der Waals surface area contributed by atoms with E-state index in [0.29, 0.717) is 0 Å². The van der Waals surface area contributed by atoms with E-state index < -0.39 is 0 Å². The fourth-order valence-corrected chi connectivity index (χ4v) is 1.45. The molecule has 1 aliphatic carbocycles. The summed E-state index contributed by atoms with van der Waals surface area (Å²) in [5.41, 5.74) is 1.74. The minimum absolute atomic E-state index is 0.0949. The predicted octanol–water partition coefficient (Wildman–Crippen LogP) is 1.97. The van der Waals surface area contributed by atoms with Crippen molar-refractivity contribution in [3.8, 4) is 0 Å². The number of H-pyrrole nitrogens is 1. The molecule has 1 saturated carbocycles. The summed E-state index contributed by atoms with van der Waals surface area (Å²) in [6.07, 6.45) is 11.5. The van der Waals surface area contributed by atoms with Gasteiger partial charge in [-0.05, 0) is 38.2 Å². The molecule has 1 aromatic heterocycles. The lowest BCUT2D eigenvalue weighted by molar-refractivity contribution is 0.101. The first-order valence-corrected chi connectivity index (χ1v) is 4.19. The van der Waals surface area contributed by atoms with Crippen molar-refractivity contribution < 1.29 is 4.79 Å². The lowest BCUT2D eigenvalue weighted by Crippen LogP contribution is -2.00. The minimum Gasteiger partial charge on any atom is -0.367 e. The molecule has 0 amide bonds. The molecule has 2 heteroatoms. The van der Waals surface area contributed by atoms with Gasteiger partial charge in [0.2, 0.25) is 0 Å². The molecule has 1 N–H and O–H groups in total. The maximum Gasteiger partial charge on any atom is 0.161 e. The van der Waals surface area contributed by atoms with Crippen LogP contribution in [0, 0.1) is 31.6 Å². The highest BCUT2D eigenvalue weighted by atomic mass is 16.1. The summed E-state index contributed by atoms with van der Waals surface area (Å²) in [4.78, 5) is 14.1. The minimum atomic E-state index is 0.0949. The van der Waals surface area contributed by atoms with Crippen LogP contribution in [0.1, 0.15) is 22.8 Å². The SMILES string of the molecule is CC(=O)c1c[nH]cc1[C]1[CH][CH][CH][CH]1. The summed E-state index contributed by atoms with van der Waals surface area (Å²) in [5, 5.41) is 0. The topological polar surface area (TPSA) is 32.9 Å². The van der Waals surface area contributed by atoms with Crippen molar-refractivity contribution in [1.82, 2.24) is 4.98 Å². The van der Waals surface area contributed by atoms with Crippen LogP contribution in [-0.2, 0) is 0 Å². The van der Waals surface area contributed by atoms with Gasteiger partial charge in [-0.15, -0.1) is 0 Å². The van der Waals surface area contributed by atoms with Gasteiger partial charge in [0.05, 0.1) is 0 Å². The third-order valence-electron chi connectivity index (χ3n) is 2.10. The molecule has 0 bridgehead atoms. The first kappa shape index (κ1) is 8.54. The second-order valence-corrected chi connectivity index (χ2v) is 3.01. The largest absolute Gasteiger partial charge is 0.367 e. The fraction of sp³-hybridized carbons (Fsp3) is 0.0909. The van der Waals surface area contributed by atoms with Crippen molar-refractivity contribution in [2.24, 2.45) is 0 Å². The molecule has 0 spiro atoms. The molecule has 5 radical (unpaired) electrons. The molecule has 13 heavy (non-hydrogen) atoms. The Morgan fingerprint density at radius 1 is 1.23 bits per heavy atom. The molecule has 2 rings (SSSR count). The first-order valence-electron chi connectivity index (χ1n) is 4.19. The zero-order valence-electron chi connectivity index (χ0n) is 7.37. The van der Waals surface area contributed by atoms with Gasteiger partial charge in [0.25, 0.3) is 0 Å². The summed E-state index contributed by atoms with van der Waals surface area (Å²) in [7, 11) is 0. The van der Waals surface area contributed by atoms with Crippen LogP contribution in [0.5, 0.6) is 0 Å². The third-order valence-corrected chi connectivity index (χ3v) is 2.10. The molecular formula is C11H10NO. The van der Waals surface area contributed by atoms with Crippen molar-refractivity contribution in [3.63, 3.8) is 0 Å². The molecular weight excluding hydrogens is 162 g/mol. The molecule has 0 aromatic carbocycles. The van der Waals surface area contributed by atoms with Gasteiger partial charge in [-0.3, -0.25) is 4.79 Å². The van der Waals surface area contributed by atoms with Crippen LogP contribution in [0.25, 0.3) is 0 Å². The number of nitrogens with one attached hydrogen (secondary N) is 1. The second kappa shape index (κ2) is 3.36. The van der Waals surface area contributed by atoms with Gasteiger partial charge in [-0.2, -0.15) is 0 Å². The third kappa shape index (κ3) is 1.53. The van der Waals surface area contributed by atoms with Crippen molar-refractivity contribution in [3.05, 3.63) is 55.1 Å². The van der Waals surface area contributed by atoms with Crippen LogP contribution in [-0.4, -0.2) is 10.8 Å². The summed E-state index contributed by atoms with van der Waals surface area (Å²) in [6.45, 7) is 1.58. The number of hydrogen-bond acceptors (Lipinski definition) is 1. The molecule has 1 fully saturated rings. The van der Waals surface area contributed by atoms with E-state index in [1.807, 2.05) is 31.9 Å². The van der Waals surface area contributed by atoms with Crippen LogP contribution in [0.3, 0.4) is 0 Å². The van der Waals surface area contributed by atoms with Crippen LogP contribution >= 0.6 is 0 Å². The molecule has 0 atom stereocenters. The zero-order chi connectivity index (χ0) is 9.26. The molecule has 1 aromatic rings. The van der Waals surface area contributed by atoms with E-state index in [2.05, 4.69) is 4.98 Å². The van der Waals surface area contributed by atoms with Crippen LogP contribution in [0.2, 0.25) is 0 Å². The quantitative estimate of drug-likeness (QED) is 0.680. The Kier molecular flexibility index (Phi) is 2.21. The van der Waals surface area contributed by atoms with Gasteiger partial charge in [-0.1, -0.05) is 0 Å². The highest BCUT2D eigenvalue weighted by Crippen LogP contribution is 2.31. The van der Waals surface area contributed by atoms with Crippen LogP contribution < -0.4 is 0 Å². The number of hydrogen-bond donors (Lipinski definition) is 1. The molecule has 2 nitrogen and oxygen atoms in total. The Balaban J connectivity index is 2.28. The van der Waals surface area contributed by atoms with Crippen molar-refractivity contribution in [1.29, 1.82) is 0 Å². The number of carbonyl (C=O) groups excluding carboxylic acids is 1. The van der Waals surface area contributed by atoms with E-state index in [1.54, 1.807) is 13.1 Å². The Morgan fingerprint density at radius 3 is 2.54 bits per heavy atom. The van der Waals surface area contributed by atoms with Crippen molar-refractivity contribution in [2.45, 2.75) is 6.92 Å². The average molecular weight is 172 g/mol. The van der Waals surface area contributed by atoms with Gasteiger partial charge in [0, 0.05) is 23.9 Å². The molecule has 0 aliphatic heterocycles. The standard InChI is InChI=1S/C11H10NO/c1-8(13)10-6-12-7-11(10)9-4-2-3-5-9/h2-7,12H,1H3. The summed E-state index contributed by atoms with van der Waals surface area (Å²) < 4.78 is 0. The van der Waals surface area contributed by atoms with Crippen LogP contribution in [0.4, 0.5) is 0 Å². The Labute approximate surface area is 78.4 Å². The Hall–Kier alpha value is -1.05. The van der Waals surface area contributed by atoms with E-state index in [1.165, 1.54) is 0 Å². The van der Waals surface area contributed by atoms with Crippen molar-refractivity contribution >= 4 is 5.78 Å². The van der Waals surface area contributed by atoms with Gasteiger partial charge >= 0.3 is 0 Å². The molecule has 0 saturated heterocycles. The number of carbonyl (C=O) groups is 1. The van der Waals surface area contributed by atoms with E-state index in [-0.39, 0.29) is 5.78 Å². The number of rotatable bonds is 2. The maximum absolute atomic E-state index is 11.2. The molecule has 65 valence electrons. The number of aromatic amines is 1. The van der Waals surface area contributed by atoms with E-state index >= 15 is 0 Å². The molecule has 1 heterocycles. The van der Waals surface area contributed by atoms with E-state index in [9.17, 15) is 4.79 Å². The zero-order valence-corrected chi connectivity index (χ0v) is 7.37. The maximum atomic E-state index is 11.2. The molecule has 1 aliphatic rings. The highest BCUT2D eigenvalue weighted by molar-refractivity contribution is 5.96. The molecule has 0 unspecified atom stereocenters. The van der Waals surface area contributed by atoms with Gasteiger partial charge in [0.1, 0.15) is 0 Å². The fourth-order valence-electron chi connectivity index (χ4n) is 1.45. The Morgan fingerprint density at radius 2 is 1.92 bits per heavy atom.